The van der Waals surface area contributed by atoms with E-state index in [-0.39, 0.29) is 5.91 Å². The minimum Gasteiger partial charge on any atom is -0.356 e. The number of halogens is 1. The first kappa shape index (κ1) is 14.3. The number of carbonyl (C=O) groups excluding carboxylic acids is 1. The van der Waals surface area contributed by atoms with Crippen LogP contribution in [-0.2, 0) is 16.8 Å². The summed E-state index contributed by atoms with van der Waals surface area (Å²) in [6.07, 6.45) is 1.97. The summed E-state index contributed by atoms with van der Waals surface area (Å²) in [5, 5.41) is 7.81. The zero-order chi connectivity index (χ0) is 16.3. The van der Waals surface area contributed by atoms with Gasteiger partial charge < -0.3 is 10.3 Å². The Bertz CT molecular complexity index is 993. The maximum Gasteiger partial charge on any atom is 0.255 e. The summed E-state index contributed by atoms with van der Waals surface area (Å²) >= 11 is 3.55. The van der Waals surface area contributed by atoms with E-state index >= 15 is 0 Å². The van der Waals surface area contributed by atoms with Gasteiger partial charge in [0.1, 0.15) is 0 Å². The molecule has 0 saturated heterocycles. The van der Waals surface area contributed by atoms with E-state index in [0.717, 1.165) is 46.3 Å². The molecule has 2 aliphatic rings. The molecular formula is C19H16BrN3O. The summed E-state index contributed by atoms with van der Waals surface area (Å²) in [5.74, 6) is -0.00898. The predicted octanol–water partition coefficient (Wildman–Crippen LogP) is 3.66. The topological polar surface area (TPSA) is 56.9 Å². The smallest absolute Gasteiger partial charge is 0.255 e. The van der Waals surface area contributed by atoms with Gasteiger partial charge in [-0.2, -0.15) is 0 Å². The minimum atomic E-state index is -0.843. The monoisotopic (exact) mass is 381 g/mol. The lowest BCUT2D eigenvalue weighted by Crippen LogP contribution is -2.49. The van der Waals surface area contributed by atoms with E-state index in [2.05, 4.69) is 49.7 Å². The van der Waals surface area contributed by atoms with Crippen LogP contribution in [0.15, 0.2) is 46.9 Å². The summed E-state index contributed by atoms with van der Waals surface area (Å²) in [5.41, 5.74) is 4.33. The van der Waals surface area contributed by atoms with E-state index in [1.165, 1.54) is 10.9 Å². The molecule has 3 heterocycles. The molecule has 1 unspecified atom stereocenters. The van der Waals surface area contributed by atoms with E-state index in [4.69, 9.17) is 0 Å². The first-order chi connectivity index (χ1) is 11.7. The summed E-state index contributed by atoms with van der Waals surface area (Å²) in [6, 6.07) is 14.3. The molecule has 0 radical (unpaired) electrons. The van der Waals surface area contributed by atoms with Gasteiger partial charge in [-0.3, -0.25) is 10.1 Å². The van der Waals surface area contributed by atoms with E-state index in [1.54, 1.807) is 0 Å². The van der Waals surface area contributed by atoms with Crippen molar-refractivity contribution in [2.45, 2.75) is 18.4 Å². The van der Waals surface area contributed by atoms with Crippen LogP contribution in [0.25, 0.3) is 10.9 Å². The number of H-pyrrole nitrogens is 1. The van der Waals surface area contributed by atoms with Gasteiger partial charge in [0.25, 0.3) is 5.91 Å². The number of aryl methyl sites for hydroxylation is 1. The molecule has 3 N–H and O–H groups in total. The summed E-state index contributed by atoms with van der Waals surface area (Å²) in [6.45, 7) is 0.802. The molecule has 0 aliphatic carbocycles. The second kappa shape index (κ2) is 4.94. The van der Waals surface area contributed by atoms with Crippen LogP contribution in [0.1, 0.15) is 23.2 Å². The Hall–Kier alpha value is -2.11. The number of rotatable bonds is 0. The largest absolute Gasteiger partial charge is 0.356 e. The second-order valence-electron chi connectivity index (χ2n) is 6.45. The summed E-state index contributed by atoms with van der Waals surface area (Å²) < 4.78 is 0.973. The van der Waals surface area contributed by atoms with E-state index in [0.29, 0.717) is 0 Å². The van der Waals surface area contributed by atoms with Gasteiger partial charge in [-0.15, -0.1) is 0 Å². The van der Waals surface area contributed by atoms with Crippen molar-refractivity contribution in [2.24, 2.45) is 0 Å². The maximum absolute atomic E-state index is 13.1. The van der Waals surface area contributed by atoms with Gasteiger partial charge in [-0.1, -0.05) is 34.1 Å². The Kier molecular flexibility index (Phi) is 2.94. The number of hydrogen-bond donors (Lipinski definition) is 3. The molecule has 5 rings (SSSR count). The SMILES string of the molecule is O=C1Nc2ccc(Br)cc2C12NCCCc1c2[nH]c2ccccc12. The van der Waals surface area contributed by atoms with Crippen LogP contribution in [0.3, 0.4) is 0 Å². The molecule has 1 atom stereocenters. The molecule has 3 aromatic rings. The third-order valence-electron chi connectivity index (χ3n) is 5.16. The van der Waals surface area contributed by atoms with E-state index < -0.39 is 5.54 Å². The van der Waals surface area contributed by atoms with Crippen molar-refractivity contribution in [2.75, 3.05) is 11.9 Å². The maximum atomic E-state index is 13.1. The number of nitrogens with one attached hydrogen (secondary N) is 3. The predicted molar refractivity (Wildman–Crippen MR) is 98.2 cm³/mol. The van der Waals surface area contributed by atoms with Gasteiger partial charge in [0.05, 0.1) is 5.69 Å². The molecule has 4 nitrogen and oxygen atoms in total. The van der Waals surface area contributed by atoms with Gasteiger partial charge in [-0.05, 0) is 49.2 Å². The molecule has 2 aliphatic heterocycles. The molecule has 24 heavy (non-hydrogen) atoms. The van der Waals surface area contributed by atoms with Crippen molar-refractivity contribution >= 4 is 38.4 Å². The quantitative estimate of drug-likeness (QED) is 0.556. The average molecular weight is 382 g/mol. The Morgan fingerprint density at radius 1 is 1.12 bits per heavy atom. The Labute approximate surface area is 147 Å². The molecule has 120 valence electrons. The van der Waals surface area contributed by atoms with E-state index in [1.807, 2.05) is 24.3 Å². The molecular weight excluding hydrogens is 366 g/mol. The van der Waals surface area contributed by atoms with Gasteiger partial charge in [0.15, 0.2) is 5.54 Å². The third kappa shape index (κ3) is 1.74. The van der Waals surface area contributed by atoms with E-state index in [9.17, 15) is 4.79 Å². The zero-order valence-corrected chi connectivity index (χ0v) is 14.5. The van der Waals surface area contributed by atoms with Crippen molar-refractivity contribution in [1.29, 1.82) is 0 Å². The molecule has 1 aromatic heterocycles. The van der Waals surface area contributed by atoms with Gasteiger partial charge >= 0.3 is 0 Å². The number of fused-ring (bicyclic) bond motifs is 6. The first-order valence-electron chi connectivity index (χ1n) is 8.17. The molecule has 1 spiro atoms. The highest BCUT2D eigenvalue weighted by Crippen LogP contribution is 2.45. The number of hydrogen-bond acceptors (Lipinski definition) is 2. The van der Waals surface area contributed by atoms with Crippen LogP contribution < -0.4 is 10.6 Å². The third-order valence-corrected chi connectivity index (χ3v) is 5.65. The number of aromatic nitrogens is 1. The fraction of sp³-hybridized carbons (Fsp3) is 0.211. The first-order valence-corrected chi connectivity index (χ1v) is 8.96. The van der Waals surface area contributed by atoms with Crippen LogP contribution in [0.5, 0.6) is 0 Å². The number of amides is 1. The molecule has 2 aromatic carbocycles. The minimum absolute atomic E-state index is 0.00898. The number of para-hydroxylation sites is 1. The number of aromatic amines is 1. The van der Waals surface area contributed by atoms with Crippen LogP contribution in [0.4, 0.5) is 5.69 Å². The fourth-order valence-electron chi connectivity index (χ4n) is 4.11. The molecule has 1 amide bonds. The Morgan fingerprint density at radius 3 is 2.92 bits per heavy atom. The van der Waals surface area contributed by atoms with Crippen LogP contribution in [0.2, 0.25) is 0 Å². The lowest BCUT2D eigenvalue weighted by molar-refractivity contribution is -0.120. The number of carbonyl (C=O) groups is 1. The lowest BCUT2D eigenvalue weighted by atomic mass is 9.85. The average Bonchev–Trinajstić information content (AvgIpc) is 3.00. The van der Waals surface area contributed by atoms with Crippen LogP contribution in [-0.4, -0.2) is 17.4 Å². The molecule has 0 fully saturated rings. The lowest BCUT2D eigenvalue weighted by Gasteiger charge is -2.27. The highest BCUT2D eigenvalue weighted by atomic mass is 79.9. The van der Waals surface area contributed by atoms with Gasteiger partial charge in [-0.25, -0.2) is 0 Å². The zero-order valence-electron chi connectivity index (χ0n) is 12.9. The fourth-order valence-corrected chi connectivity index (χ4v) is 4.47. The molecule has 0 bridgehead atoms. The van der Waals surface area contributed by atoms with Crippen molar-refractivity contribution in [1.82, 2.24) is 10.3 Å². The Morgan fingerprint density at radius 2 is 2.00 bits per heavy atom. The normalized spacial score (nSPS) is 22.3. The van der Waals surface area contributed by atoms with Gasteiger partial charge in [0.2, 0.25) is 0 Å². The highest BCUT2D eigenvalue weighted by molar-refractivity contribution is 9.10. The van der Waals surface area contributed by atoms with Crippen LogP contribution >= 0.6 is 15.9 Å². The number of anilines is 1. The number of benzene rings is 2. The van der Waals surface area contributed by atoms with Crippen molar-refractivity contribution in [3.05, 3.63) is 63.8 Å². The van der Waals surface area contributed by atoms with Crippen molar-refractivity contribution in [3.8, 4) is 0 Å². The standard InChI is InChI=1S/C19H16BrN3O/c20-11-7-8-16-14(10-11)19(18(24)23-16)17-13(5-3-9-21-19)12-4-1-2-6-15(12)22-17/h1-2,4,6-8,10,21-22H,3,5,9H2,(H,23,24). The Balaban J connectivity index is 1.87. The van der Waals surface area contributed by atoms with Crippen molar-refractivity contribution < 1.29 is 4.79 Å². The molecule has 5 heteroatoms. The van der Waals surface area contributed by atoms with Crippen LogP contribution in [0, 0.1) is 0 Å². The summed E-state index contributed by atoms with van der Waals surface area (Å²) in [7, 11) is 0. The second-order valence-corrected chi connectivity index (χ2v) is 7.36. The molecule has 0 saturated carbocycles. The summed E-state index contributed by atoms with van der Waals surface area (Å²) in [4.78, 5) is 16.6. The van der Waals surface area contributed by atoms with Crippen molar-refractivity contribution in [3.63, 3.8) is 0 Å². The highest BCUT2D eigenvalue weighted by Gasteiger charge is 2.51. The van der Waals surface area contributed by atoms with Gasteiger partial charge in [0, 0.05) is 26.6 Å².